The van der Waals surface area contributed by atoms with Crippen molar-refractivity contribution in [1.82, 2.24) is 19.8 Å². The molecule has 1 fully saturated rings. The van der Waals surface area contributed by atoms with Crippen LogP contribution in [0, 0.1) is 0 Å². The maximum atomic E-state index is 13.1. The number of amides is 2. The monoisotopic (exact) mass is 525 g/mol. The first kappa shape index (κ1) is 24.4. The largest absolute Gasteiger partial charge is 0.339 e. The summed E-state index contributed by atoms with van der Waals surface area (Å²) < 4.78 is 0. The van der Waals surface area contributed by atoms with E-state index in [1.54, 1.807) is 17.2 Å². The van der Waals surface area contributed by atoms with Gasteiger partial charge in [-0.2, -0.15) is 0 Å². The molecule has 4 heterocycles. The number of benzene rings is 2. The summed E-state index contributed by atoms with van der Waals surface area (Å²) in [5, 5.41) is 1.41. The fraction of sp³-hybridized carbons (Fsp3) is 0.233. The number of piperazine rings is 1. The highest BCUT2D eigenvalue weighted by molar-refractivity contribution is 6.37. The molecule has 0 aliphatic carbocycles. The van der Waals surface area contributed by atoms with Gasteiger partial charge in [0, 0.05) is 61.1 Å². The lowest BCUT2D eigenvalue weighted by atomic mass is 9.96. The average Bonchev–Trinajstić information content (AvgIpc) is 3.55. The number of fused-ring (bicyclic) bond motifs is 2. The van der Waals surface area contributed by atoms with Crippen LogP contribution >= 0.6 is 11.6 Å². The number of pyridine rings is 1. The van der Waals surface area contributed by atoms with Crippen LogP contribution in [0.25, 0.3) is 33.4 Å². The van der Waals surface area contributed by atoms with Crippen LogP contribution < -0.4 is 4.90 Å². The van der Waals surface area contributed by atoms with E-state index in [-0.39, 0.29) is 11.8 Å². The zero-order valence-corrected chi connectivity index (χ0v) is 22.0. The van der Waals surface area contributed by atoms with Crippen molar-refractivity contribution in [3.8, 4) is 22.4 Å². The minimum absolute atomic E-state index is 0.0526. The molecule has 38 heavy (non-hydrogen) atoms. The summed E-state index contributed by atoms with van der Waals surface area (Å²) in [5.74, 6) is -0.0582. The molecule has 1 N–H and O–H groups in total. The van der Waals surface area contributed by atoms with Crippen molar-refractivity contribution in [2.24, 2.45) is 0 Å². The van der Waals surface area contributed by atoms with Crippen LogP contribution in [0.1, 0.15) is 15.9 Å². The number of aromatic amines is 1. The van der Waals surface area contributed by atoms with Gasteiger partial charge in [0.15, 0.2) is 0 Å². The predicted molar refractivity (Wildman–Crippen MR) is 152 cm³/mol. The Morgan fingerprint density at radius 2 is 1.74 bits per heavy atom. The molecule has 0 unspecified atom stereocenters. The third-order valence-corrected chi connectivity index (χ3v) is 7.88. The number of hydrogen-bond acceptors (Lipinski definition) is 4. The van der Waals surface area contributed by atoms with E-state index in [9.17, 15) is 9.59 Å². The van der Waals surface area contributed by atoms with Gasteiger partial charge >= 0.3 is 0 Å². The van der Waals surface area contributed by atoms with Gasteiger partial charge in [0.25, 0.3) is 5.91 Å². The number of nitrogens with zero attached hydrogens (tertiary/aromatic N) is 4. The molecule has 0 bridgehead atoms. The molecule has 0 saturated carbocycles. The van der Waals surface area contributed by atoms with Gasteiger partial charge < -0.3 is 19.7 Å². The van der Waals surface area contributed by atoms with E-state index < -0.39 is 0 Å². The van der Waals surface area contributed by atoms with E-state index in [4.69, 9.17) is 11.6 Å². The zero-order valence-electron chi connectivity index (χ0n) is 21.2. The van der Waals surface area contributed by atoms with Crippen LogP contribution in [-0.4, -0.2) is 71.4 Å². The van der Waals surface area contributed by atoms with Crippen LogP contribution in [-0.2, 0) is 11.2 Å². The van der Waals surface area contributed by atoms with Gasteiger partial charge in [0.2, 0.25) is 5.91 Å². The molecule has 2 aliphatic heterocycles. The highest BCUT2D eigenvalue weighted by Gasteiger charge is 2.26. The topological polar surface area (TPSA) is 72.5 Å². The summed E-state index contributed by atoms with van der Waals surface area (Å²) in [6.45, 7) is 7.52. The number of nitrogens with one attached hydrogen (secondary N) is 1. The van der Waals surface area contributed by atoms with Crippen molar-refractivity contribution < 1.29 is 9.59 Å². The second-order valence-corrected chi connectivity index (χ2v) is 10.3. The molecule has 0 radical (unpaired) electrons. The molecule has 2 amide bonds. The highest BCUT2D eigenvalue weighted by Crippen LogP contribution is 2.43. The zero-order chi connectivity index (χ0) is 26.4. The highest BCUT2D eigenvalue weighted by atomic mass is 35.5. The molecule has 2 aliphatic rings. The molecule has 4 aromatic rings. The lowest BCUT2D eigenvalue weighted by Crippen LogP contribution is -2.47. The molecule has 2 aromatic heterocycles. The SMILES string of the molecule is C=CC(=O)N1CCc2ccc(-c3c(-c4ccc(C(=O)N5CCN(C)CC5)cc4)[nH]c4nccc(Cl)c34)cc21. The Balaban J connectivity index is 1.42. The number of likely N-dealkylation sites (N-methyl/N-ethyl adjacent to an activating group) is 1. The number of H-pyrrole nitrogens is 1. The van der Waals surface area contributed by atoms with E-state index in [0.29, 0.717) is 22.8 Å². The maximum Gasteiger partial charge on any atom is 0.253 e. The summed E-state index contributed by atoms with van der Waals surface area (Å²) >= 11 is 6.70. The van der Waals surface area contributed by atoms with Crippen LogP contribution in [0.15, 0.2) is 67.4 Å². The summed E-state index contributed by atoms with van der Waals surface area (Å²) in [6, 6.07) is 15.7. The van der Waals surface area contributed by atoms with Crippen molar-refractivity contribution in [3.05, 3.63) is 83.5 Å². The standard InChI is InChI=1S/C30H28ClN5O2/c1-3-25(37)36-13-11-19-4-9-22(18-24(19)36)26-27-23(31)10-12-32-29(27)33-28(26)20-5-7-21(8-6-20)30(38)35-16-14-34(2)15-17-35/h3-10,12,18H,1,11,13-17H2,2H3,(H,32,33). The molecule has 192 valence electrons. The second-order valence-electron chi connectivity index (χ2n) is 9.85. The summed E-state index contributed by atoms with van der Waals surface area (Å²) in [5.41, 5.74) is 6.99. The molecule has 6 rings (SSSR count). The van der Waals surface area contributed by atoms with Crippen molar-refractivity contribution in [3.63, 3.8) is 0 Å². The third kappa shape index (κ3) is 4.18. The Kier molecular flexibility index (Phi) is 6.26. The number of hydrogen-bond donors (Lipinski definition) is 1. The van der Waals surface area contributed by atoms with Crippen molar-refractivity contribution in [2.45, 2.75) is 6.42 Å². The fourth-order valence-corrected chi connectivity index (χ4v) is 5.67. The summed E-state index contributed by atoms with van der Waals surface area (Å²) in [6.07, 6.45) is 3.84. The molecule has 7 nitrogen and oxygen atoms in total. The van der Waals surface area contributed by atoms with Crippen LogP contribution in [0.5, 0.6) is 0 Å². The Labute approximate surface area is 226 Å². The number of halogens is 1. The maximum absolute atomic E-state index is 13.1. The van der Waals surface area contributed by atoms with Gasteiger partial charge in [-0.15, -0.1) is 0 Å². The molecule has 0 atom stereocenters. The van der Waals surface area contributed by atoms with Crippen LogP contribution in [0.4, 0.5) is 5.69 Å². The van der Waals surface area contributed by atoms with Crippen molar-refractivity contribution in [2.75, 3.05) is 44.7 Å². The van der Waals surface area contributed by atoms with Gasteiger partial charge in [-0.3, -0.25) is 9.59 Å². The summed E-state index contributed by atoms with van der Waals surface area (Å²) in [4.78, 5) is 39.5. The Hall–Kier alpha value is -3.94. The fourth-order valence-electron chi connectivity index (χ4n) is 5.43. The predicted octanol–water partition coefficient (Wildman–Crippen LogP) is 5.01. The quantitative estimate of drug-likeness (QED) is 0.380. The molecular formula is C30H28ClN5O2. The van der Waals surface area contributed by atoms with Gasteiger partial charge in [0.1, 0.15) is 5.65 Å². The lowest BCUT2D eigenvalue weighted by Gasteiger charge is -2.32. The molecule has 1 saturated heterocycles. The number of rotatable bonds is 4. The second kappa shape index (κ2) is 9.74. The number of carbonyl (C=O) groups excluding carboxylic acids is 2. The average molecular weight is 526 g/mol. The van der Waals surface area contributed by atoms with Gasteiger partial charge in [-0.25, -0.2) is 4.98 Å². The minimum Gasteiger partial charge on any atom is -0.339 e. The van der Waals surface area contributed by atoms with Crippen LogP contribution in [0.2, 0.25) is 5.02 Å². The molecular weight excluding hydrogens is 498 g/mol. The van der Waals surface area contributed by atoms with E-state index in [1.807, 2.05) is 35.2 Å². The minimum atomic E-state index is -0.111. The van der Waals surface area contributed by atoms with Crippen LogP contribution in [0.3, 0.4) is 0 Å². The Morgan fingerprint density at radius 1 is 1.00 bits per heavy atom. The first-order valence-corrected chi connectivity index (χ1v) is 13.1. The normalized spacial score (nSPS) is 15.6. The Morgan fingerprint density at radius 3 is 2.47 bits per heavy atom. The lowest BCUT2D eigenvalue weighted by molar-refractivity contribution is -0.114. The van der Waals surface area contributed by atoms with Crippen molar-refractivity contribution >= 4 is 40.1 Å². The van der Waals surface area contributed by atoms with Gasteiger partial charge in [-0.1, -0.05) is 42.4 Å². The third-order valence-electron chi connectivity index (χ3n) is 7.56. The van der Waals surface area contributed by atoms with E-state index in [0.717, 1.165) is 71.6 Å². The molecule has 8 heteroatoms. The van der Waals surface area contributed by atoms with E-state index in [2.05, 4.69) is 40.6 Å². The van der Waals surface area contributed by atoms with Crippen molar-refractivity contribution in [1.29, 1.82) is 0 Å². The number of carbonyl (C=O) groups is 2. The smallest absolute Gasteiger partial charge is 0.253 e. The van der Waals surface area contributed by atoms with E-state index >= 15 is 0 Å². The first-order chi connectivity index (χ1) is 18.4. The van der Waals surface area contributed by atoms with Gasteiger partial charge in [0.05, 0.1) is 10.7 Å². The summed E-state index contributed by atoms with van der Waals surface area (Å²) in [7, 11) is 2.07. The Bertz CT molecular complexity index is 1570. The van der Waals surface area contributed by atoms with E-state index in [1.165, 1.54) is 6.08 Å². The number of aromatic nitrogens is 2. The van der Waals surface area contributed by atoms with Gasteiger partial charge in [-0.05, 0) is 60.5 Å². The first-order valence-electron chi connectivity index (χ1n) is 12.8. The molecule has 2 aromatic carbocycles. The molecule has 0 spiro atoms. The number of anilines is 1.